The lowest BCUT2D eigenvalue weighted by Gasteiger charge is -2.30. The van der Waals surface area contributed by atoms with Gasteiger partial charge in [0.15, 0.2) is 0 Å². The number of nitrogens with one attached hydrogen (secondary N) is 1. The van der Waals surface area contributed by atoms with E-state index in [9.17, 15) is 17.6 Å². The van der Waals surface area contributed by atoms with E-state index in [1.54, 1.807) is 18.2 Å². The monoisotopic (exact) mass is 433 g/mol. The van der Waals surface area contributed by atoms with Crippen LogP contribution in [0.4, 0.5) is 4.39 Å². The minimum Gasteiger partial charge on any atom is -0.351 e. The fourth-order valence-corrected chi connectivity index (χ4v) is 4.59. The molecular formula is C22H28FN3O3S. The predicted molar refractivity (Wildman–Crippen MR) is 114 cm³/mol. The van der Waals surface area contributed by atoms with Crippen molar-refractivity contribution in [1.29, 1.82) is 0 Å². The lowest BCUT2D eigenvalue weighted by molar-refractivity contribution is 0.0945. The summed E-state index contributed by atoms with van der Waals surface area (Å²) in [5.74, 6) is -0.527. The molecule has 0 aliphatic carbocycles. The van der Waals surface area contributed by atoms with Gasteiger partial charge in [0.05, 0.1) is 11.8 Å². The molecule has 0 spiro atoms. The Kier molecular flexibility index (Phi) is 6.57. The third-order valence-electron chi connectivity index (χ3n) is 5.62. The van der Waals surface area contributed by atoms with Crippen LogP contribution in [-0.2, 0) is 15.4 Å². The topological polar surface area (TPSA) is 79.4 Å². The number of nitrogens with zero attached hydrogens (tertiary/aromatic N) is 2. The van der Waals surface area contributed by atoms with Crippen LogP contribution in [0.25, 0.3) is 0 Å². The molecule has 1 amide bonds. The normalized spacial score (nSPS) is 18.2. The number of rotatable bonds is 6. The van der Waals surface area contributed by atoms with E-state index in [4.69, 9.17) is 0 Å². The van der Waals surface area contributed by atoms with Gasteiger partial charge in [-0.25, -0.2) is 17.1 Å². The Morgan fingerprint density at radius 3 is 2.70 bits per heavy atom. The Balaban J connectivity index is 1.62. The molecular weight excluding hydrogens is 405 g/mol. The van der Waals surface area contributed by atoms with Crippen LogP contribution in [-0.4, -0.2) is 49.5 Å². The van der Waals surface area contributed by atoms with Crippen molar-refractivity contribution in [2.24, 2.45) is 0 Å². The van der Waals surface area contributed by atoms with Crippen LogP contribution in [0.15, 0.2) is 42.6 Å². The number of piperidine rings is 1. The minimum atomic E-state index is -3.22. The molecule has 1 atom stereocenters. The van der Waals surface area contributed by atoms with Crippen LogP contribution in [0.2, 0.25) is 0 Å². The SMILES string of the molecule is CC(C)(CNC(=O)c1ccc([C@H]2CCCN(S(C)(=O)=O)C2)nc1)c1cccc(F)c1. The van der Waals surface area contributed by atoms with Gasteiger partial charge in [-0.3, -0.25) is 9.78 Å². The highest BCUT2D eigenvalue weighted by Gasteiger charge is 2.28. The lowest BCUT2D eigenvalue weighted by Crippen LogP contribution is -2.38. The van der Waals surface area contributed by atoms with Crippen molar-refractivity contribution < 1.29 is 17.6 Å². The molecule has 1 N–H and O–H groups in total. The number of benzene rings is 1. The van der Waals surface area contributed by atoms with Crippen LogP contribution in [0.3, 0.4) is 0 Å². The highest BCUT2D eigenvalue weighted by atomic mass is 32.2. The largest absolute Gasteiger partial charge is 0.351 e. The number of pyridine rings is 1. The molecule has 1 fully saturated rings. The van der Waals surface area contributed by atoms with E-state index in [0.29, 0.717) is 25.2 Å². The van der Waals surface area contributed by atoms with Crippen molar-refractivity contribution in [2.45, 2.75) is 38.0 Å². The Morgan fingerprint density at radius 2 is 2.07 bits per heavy atom. The zero-order valence-electron chi connectivity index (χ0n) is 17.6. The fraction of sp³-hybridized carbons (Fsp3) is 0.455. The molecule has 162 valence electrons. The van der Waals surface area contributed by atoms with Gasteiger partial charge in [-0.05, 0) is 42.7 Å². The molecule has 0 saturated carbocycles. The van der Waals surface area contributed by atoms with E-state index in [0.717, 1.165) is 24.1 Å². The molecule has 8 heteroatoms. The number of amides is 1. The van der Waals surface area contributed by atoms with Gasteiger partial charge < -0.3 is 5.32 Å². The summed E-state index contributed by atoms with van der Waals surface area (Å²) in [4.78, 5) is 17.0. The van der Waals surface area contributed by atoms with Gasteiger partial charge in [0.2, 0.25) is 10.0 Å². The summed E-state index contributed by atoms with van der Waals surface area (Å²) in [6.07, 6.45) is 4.41. The third-order valence-corrected chi connectivity index (χ3v) is 6.89. The standard InChI is InChI=1S/C22H28FN3O3S/c1-22(2,18-7-4-8-19(23)12-18)15-25-21(27)16-9-10-20(24-13-16)17-6-5-11-26(14-17)30(3,28)29/h4,7-10,12-13,17H,5-6,11,14-15H2,1-3H3,(H,25,27)/t17-/m0/s1. The molecule has 1 aliphatic rings. The van der Waals surface area contributed by atoms with Crippen molar-refractivity contribution in [3.63, 3.8) is 0 Å². The smallest absolute Gasteiger partial charge is 0.252 e. The Bertz CT molecular complexity index is 1010. The number of aromatic nitrogens is 1. The summed E-state index contributed by atoms with van der Waals surface area (Å²) >= 11 is 0. The van der Waals surface area contributed by atoms with Gasteiger partial charge in [0.25, 0.3) is 5.91 Å². The molecule has 0 bridgehead atoms. The van der Waals surface area contributed by atoms with Crippen molar-refractivity contribution in [2.75, 3.05) is 25.9 Å². The number of halogens is 1. The summed E-state index contributed by atoms with van der Waals surface area (Å²) in [5.41, 5.74) is 1.61. The first-order valence-electron chi connectivity index (χ1n) is 10.0. The maximum Gasteiger partial charge on any atom is 0.252 e. The van der Waals surface area contributed by atoms with Gasteiger partial charge in [0.1, 0.15) is 5.82 Å². The summed E-state index contributed by atoms with van der Waals surface area (Å²) in [6.45, 7) is 5.19. The van der Waals surface area contributed by atoms with Gasteiger partial charge in [-0.2, -0.15) is 0 Å². The lowest BCUT2D eigenvalue weighted by atomic mass is 9.84. The number of carbonyl (C=O) groups excluding carboxylic acids is 1. The third kappa shape index (κ3) is 5.43. The summed E-state index contributed by atoms with van der Waals surface area (Å²) < 4.78 is 38.6. The van der Waals surface area contributed by atoms with Gasteiger partial charge in [-0.15, -0.1) is 0 Å². The highest BCUT2D eigenvalue weighted by molar-refractivity contribution is 7.88. The van der Waals surface area contributed by atoms with Crippen LogP contribution in [0.1, 0.15) is 54.2 Å². The van der Waals surface area contributed by atoms with Crippen molar-refractivity contribution in [3.8, 4) is 0 Å². The van der Waals surface area contributed by atoms with E-state index in [1.165, 1.54) is 28.9 Å². The number of carbonyl (C=O) groups is 1. The average molecular weight is 434 g/mol. The molecule has 2 heterocycles. The summed E-state index contributed by atoms with van der Waals surface area (Å²) in [7, 11) is -3.22. The number of hydrogen-bond acceptors (Lipinski definition) is 4. The van der Waals surface area contributed by atoms with E-state index in [2.05, 4.69) is 10.3 Å². The van der Waals surface area contributed by atoms with E-state index in [-0.39, 0.29) is 17.6 Å². The number of hydrogen-bond donors (Lipinski definition) is 1. The zero-order chi connectivity index (χ0) is 21.9. The molecule has 30 heavy (non-hydrogen) atoms. The molecule has 1 saturated heterocycles. The molecule has 6 nitrogen and oxygen atoms in total. The van der Waals surface area contributed by atoms with Crippen LogP contribution >= 0.6 is 0 Å². The molecule has 1 aromatic heterocycles. The van der Waals surface area contributed by atoms with Gasteiger partial charge in [-0.1, -0.05) is 26.0 Å². The first kappa shape index (κ1) is 22.4. The van der Waals surface area contributed by atoms with Crippen molar-refractivity contribution in [1.82, 2.24) is 14.6 Å². The Morgan fingerprint density at radius 1 is 1.30 bits per heavy atom. The fourth-order valence-electron chi connectivity index (χ4n) is 3.68. The van der Waals surface area contributed by atoms with E-state index in [1.807, 2.05) is 19.9 Å². The Labute approximate surface area is 177 Å². The second kappa shape index (κ2) is 8.81. The number of sulfonamides is 1. The highest BCUT2D eigenvalue weighted by Crippen LogP contribution is 2.27. The summed E-state index contributed by atoms with van der Waals surface area (Å²) in [5, 5.41) is 2.89. The molecule has 0 unspecified atom stereocenters. The molecule has 1 aromatic carbocycles. The molecule has 1 aliphatic heterocycles. The molecule has 2 aromatic rings. The maximum atomic E-state index is 13.5. The average Bonchev–Trinajstić information content (AvgIpc) is 2.72. The second-order valence-electron chi connectivity index (χ2n) is 8.51. The quantitative estimate of drug-likeness (QED) is 0.759. The van der Waals surface area contributed by atoms with Gasteiger partial charge >= 0.3 is 0 Å². The van der Waals surface area contributed by atoms with Crippen LogP contribution in [0, 0.1) is 5.82 Å². The molecule has 0 radical (unpaired) electrons. The molecule has 3 rings (SSSR count). The second-order valence-corrected chi connectivity index (χ2v) is 10.5. The first-order valence-corrected chi connectivity index (χ1v) is 11.9. The van der Waals surface area contributed by atoms with Crippen molar-refractivity contribution in [3.05, 3.63) is 65.2 Å². The maximum absolute atomic E-state index is 13.5. The van der Waals surface area contributed by atoms with Crippen LogP contribution < -0.4 is 5.32 Å². The predicted octanol–water partition coefficient (Wildman–Crippen LogP) is 3.07. The Hall–Kier alpha value is -2.32. The van der Waals surface area contributed by atoms with Crippen molar-refractivity contribution >= 4 is 15.9 Å². The van der Waals surface area contributed by atoms with Crippen LogP contribution in [0.5, 0.6) is 0 Å². The van der Waals surface area contributed by atoms with Gasteiger partial charge in [0, 0.05) is 42.9 Å². The summed E-state index contributed by atoms with van der Waals surface area (Å²) in [6, 6.07) is 9.89. The zero-order valence-corrected chi connectivity index (χ0v) is 18.4. The van der Waals surface area contributed by atoms with E-state index < -0.39 is 15.4 Å². The van der Waals surface area contributed by atoms with E-state index >= 15 is 0 Å². The minimum absolute atomic E-state index is 0.0255. The first-order chi connectivity index (χ1) is 14.1.